The van der Waals surface area contributed by atoms with Crippen molar-refractivity contribution in [1.29, 1.82) is 0 Å². The van der Waals surface area contributed by atoms with E-state index in [9.17, 15) is 14.4 Å². The quantitative estimate of drug-likeness (QED) is 0.477. The predicted molar refractivity (Wildman–Crippen MR) is 85.2 cm³/mol. The number of ether oxygens (including phenoxy) is 1. The van der Waals surface area contributed by atoms with Gasteiger partial charge in [0, 0.05) is 17.0 Å². The Kier molecular flexibility index (Phi) is 5.08. The van der Waals surface area contributed by atoms with Gasteiger partial charge < -0.3 is 4.74 Å². The number of nitrogens with one attached hydrogen (secondary N) is 2. The van der Waals surface area contributed by atoms with Gasteiger partial charge in [0.05, 0.1) is 0 Å². The van der Waals surface area contributed by atoms with E-state index >= 15 is 0 Å². The standard InChI is InChI=1S/C14H13Cl3N2O4/c1-13(7-14(13,16)17)12(22)23-6-10(20)18-19-11(21)8-2-4-9(15)5-3-8/h2-5H,6-7H2,1H3,(H,18,20)(H,19,21)/t13-/m0/s1. The van der Waals surface area contributed by atoms with Crippen molar-refractivity contribution in [1.82, 2.24) is 10.9 Å². The molecule has 0 aromatic heterocycles. The van der Waals surface area contributed by atoms with Crippen LogP contribution in [0, 0.1) is 5.41 Å². The molecule has 1 fully saturated rings. The van der Waals surface area contributed by atoms with Crippen molar-refractivity contribution < 1.29 is 19.1 Å². The molecule has 0 radical (unpaired) electrons. The minimum Gasteiger partial charge on any atom is -0.455 e. The molecule has 0 unspecified atom stereocenters. The third kappa shape index (κ3) is 4.07. The van der Waals surface area contributed by atoms with E-state index in [-0.39, 0.29) is 6.42 Å². The summed E-state index contributed by atoms with van der Waals surface area (Å²) in [6.45, 7) is 0.995. The molecule has 0 saturated heterocycles. The van der Waals surface area contributed by atoms with Crippen LogP contribution >= 0.6 is 34.8 Å². The molecule has 1 aromatic carbocycles. The van der Waals surface area contributed by atoms with Crippen LogP contribution in [0.2, 0.25) is 5.02 Å². The van der Waals surface area contributed by atoms with Crippen molar-refractivity contribution in [3.63, 3.8) is 0 Å². The van der Waals surface area contributed by atoms with Gasteiger partial charge in [0.15, 0.2) is 6.61 Å². The molecule has 6 nitrogen and oxygen atoms in total. The van der Waals surface area contributed by atoms with E-state index in [1.165, 1.54) is 12.1 Å². The van der Waals surface area contributed by atoms with Gasteiger partial charge in [-0.3, -0.25) is 25.2 Å². The van der Waals surface area contributed by atoms with Crippen LogP contribution in [0.5, 0.6) is 0 Å². The van der Waals surface area contributed by atoms with Crippen molar-refractivity contribution in [3.05, 3.63) is 34.9 Å². The monoisotopic (exact) mass is 378 g/mol. The molecule has 2 rings (SSSR count). The van der Waals surface area contributed by atoms with Crippen molar-refractivity contribution in [2.24, 2.45) is 5.41 Å². The second-order valence-electron chi connectivity index (χ2n) is 5.30. The molecule has 2 amide bonds. The summed E-state index contributed by atoms with van der Waals surface area (Å²) in [7, 11) is 0. The number of rotatable bonds is 4. The Bertz CT molecular complexity index is 648. The first-order valence-corrected chi connectivity index (χ1v) is 7.69. The third-order valence-corrected chi connectivity index (χ3v) is 4.82. The van der Waals surface area contributed by atoms with Crippen molar-refractivity contribution >= 4 is 52.6 Å². The highest BCUT2D eigenvalue weighted by atomic mass is 35.5. The van der Waals surface area contributed by atoms with Crippen LogP contribution in [0.25, 0.3) is 0 Å². The summed E-state index contributed by atoms with van der Waals surface area (Å²) in [4.78, 5) is 35.1. The summed E-state index contributed by atoms with van der Waals surface area (Å²) in [5, 5.41) is 0.487. The number of carbonyl (C=O) groups excluding carboxylic acids is 3. The highest BCUT2D eigenvalue weighted by Gasteiger charge is 2.69. The average Bonchev–Trinajstić information content (AvgIpc) is 3.02. The van der Waals surface area contributed by atoms with E-state index in [1.807, 2.05) is 0 Å². The number of benzene rings is 1. The molecular formula is C14H13Cl3N2O4. The van der Waals surface area contributed by atoms with Gasteiger partial charge in [0.2, 0.25) is 0 Å². The van der Waals surface area contributed by atoms with Gasteiger partial charge in [-0.2, -0.15) is 0 Å². The summed E-state index contributed by atoms with van der Waals surface area (Å²) in [5.41, 5.74) is 3.62. The minimum absolute atomic E-state index is 0.261. The number of hydrogen-bond donors (Lipinski definition) is 2. The van der Waals surface area contributed by atoms with Gasteiger partial charge in [-0.05, 0) is 31.2 Å². The number of hydrazine groups is 1. The highest BCUT2D eigenvalue weighted by molar-refractivity contribution is 6.53. The first-order chi connectivity index (χ1) is 10.7. The van der Waals surface area contributed by atoms with Crippen LogP contribution in [-0.4, -0.2) is 28.7 Å². The fourth-order valence-electron chi connectivity index (χ4n) is 1.75. The maximum Gasteiger partial charge on any atom is 0.315 e. The molecule has 1 aliphatic rings. The summed E-state index contributed by atoms with van der Waals surface area (Å²) >= 11 is 17.4. The summed E-state index contributed by atoms with van der Waals surface area (Å²) in [6.07, 6.45) is 0.261. The molecule has 1 aliphatic carbocycles. The smallest absolute Gasteiger partial charge is 0.315 e. The van der Waals surface area contributed by atoms with Crippen LogP contribution < -0.4 is 10.9 Å². The molecule has 0 bridgehead atoms. The van der Waals surface area contributed by atoms with Crippen LogP contribution in [0.3, 0.4) is 0 Å². The van der Waals surface area contributed by atoms with E-state index in [2.05, 4.69) is 10.9 Å². The lowest BCUT2D eigenvalue weighted by Gasteiger charge is -2.12. The molecule has 2 N–H and O–H groups in total. The van der Waals surface area contributed by atoms with Crippen molar-refractivity contribution in [3.8, 4) is 0 Å². The maximum absolute atomic E-state index is 11.8. The number of hydrogen-bond acceptors (Lipinski definition) is 4. The van der Waals surface area contributed by atoms with Crippen LogP contribution in [0.1, 0.15) is 23.7 Å². The topological polar surface area (TPSA) is 84.5 Å². The zero-order valence-corrected chi connectivity index (χ0v) is 14.3. The predicted octanol–water partition coefficient (Wildman–Crippen LogP) is 2.23. The SMILES string of the molecule is C[C@@]1(C(=O)OCC(=O)NNC(=O)c2ccc(Cl)cc2)CC1(Cl)Cl. The summed E-state index contributed by atoms with van der Waals surface area (Å²) in [6, 6.07) is 6.08. The molecule has 124 valence electrons. The Morgan fingerprint density at radius 2 is 1.74 bits per heavy atom. The van der Waals surface area contributed by atoms with Gasteiger partial charge in [0.1, 0.15) is 9.75 Å². The Balaban J connectivity index is 1.74. The lowest BCUT2D eigenvalue weighted by molar-refractivity contribution is -0.153. The lowest BCUT2D eigenvalue weighted by atomic mass is 10.1. The van der Waals surface area contributed by atoms with Gasteiger partial charge in [-0.1, -0.05) is 11.6 Å². The van der Waals surface area contributed by atoms with Crippen LogP contribution in [0.4, 0.5) is 0 Å². The van der Waals surface area contributed by atoms with Crippen LogP contribution in [-0.2, 0) is 14.3 Å². The summed E-state index contributed by atoms with van der Waals surface area (Å²) < 4.78 is 3.67. The Morgan fingerprint density at radius 1 is 1.17 bits per heavy atom. The second kappa shape index (κ2) is 6.55. The zero-order chi connectivity index (χ0) is 17.3. The van der Waals surface area contributed by atoms with Crippen molar-refractivity contribution in [2.75, 3.05) is 6.61 Å². The van der Waals surface area contributed by atoms with Gasteiger partial charge >= 0.3 is 5.97 Å². The number of halogens is 3. The molecule has 0 aliphatic heterocycles. The van der Waals surface area contributed by atoms with E-state index in [0.717, 1.165) is 0 Å². The zero-order valence-electron chi connectivity index (χ0n) is 12.0. The fraction of sp³-hybridized carbons (Fsp3) is 0.357. The van der Waals surface area contributed by atoms with Gasteiger partial charge in [0.25, 0.3) is 11.8 Å². The largest absolute Gasteiger partial charge is 0.455 e. The third-order valence-electron chi connectivity index (χ3n) is 3.46. The molecule has 0 spiro atoms. The minimum atomic E-state index is -1.16. The van der Waals surface area contributed by atoms with E-state index in [1.54, 1.807) is 19.1 Å². The van der Waals surface area contributed by atoms with E-state index in [4.69, 9.17) is 39.5 Å². The summed E-state index contributed by atoms with van der Waals surface area (Å²) in [5.74, 6) is -1.89. The van der Waals surface area contributed by atoms with Gasteiger partial charge in [-0.15, -0.1) is 23.2 Å². The molecule has 1 atom stereocenters. The maximum atomic E-state index is 11.8. The van der Waals surface area contributed by atoms with Crippen molar-refractivity contribution in [2.45, 2.75) is 17.7 Å². The number of alkyl halides is 2. The number of amides is 2. The first kappa shape index (κ1) is 17.8. The first-order valence-electron chi connectivity index (χ1n) is 6.55. The van der Waals surface area contributed by atoms with Crippen LogP contribution in [0.15, 0.2) is 24.3 Å². The molecule has 9 heteroatoms. The molecule has 1 saturated carbocycles. The Morgan fingerprint density at radius 3 is 2.26 bits per heavy atom. The number of esters is 1. The average molecular weight is 380 g/mol. The molecule has 1 aromatic rings. The molecule has 0 heterocycles. The second-order valence-corrected chi connectivity index (χ2v) is 7.22. The van der Waals surface area contributed by atoms with E-state index in [0.29, 0.717) is 10.6 Å². The van der Waals surface area contributed by atoms with Gasteiger partial charge in [-0.25, -0.2) is 0 Å². The lowest BCUT2D eigenvalue weighted by Crippen LogP contribution is -2.44. The fourth-order valence-corrected chi connectivity index (χ4v) is 2.56. The number of carbonyl (C=O) groups is 3. The Hall–Kier alpha value is -1.50. The Labute approximate surface area is 147 Å². The highest BCUT2D eigenvalue weighted by Crippen LogP contribution is 2.64. The molecule has 23 heavy (non-hydrogen) atoms. The molecular weight excluding hydrogens is 367 g/mol. The van der Waals surface area contributed by atoms with E-state index < -0.39 is 34.1 Å². The normalized spacial score (nSPS) is 21.2.